The number of hydrogen-bond donors (Lipinski definition) is 2. The van der Waals surface area contributed by atoms with Gasteiger partial charge in [0.1, 0.15) is 22.9 Å². The lowest BCUT2D eigenvalue weighted by molar-refractivity contribution is 0.0949. The van der Waals surface area contributed by atoms with Crippen LogP contribution in [0, 0.1) is 0 Å². The van der Waals surface area contributed by atoms with Crippen molar-refractivity contribution in [3.8, 4) is 28.5 Å². The lowest BCUT2D eigenvalue weighted by atomic mass is 10.0. The molecule has 36 heavy (non-hydrogen) atoms. The third kappa shape index (κ3) is 4.43. The molecule has 0 unspecified atom stereocenters. The second kappa shape index (κ2) is 10.00. The number of ether oxygens (including phenoxy) is 3. The van der Waals surface area contributed by atoms with E-state index in [0.29, 0.717) is 35.9 Å². The Morgan fingerprint density at radius 3 is 2.36 bits per heavy atom. The van der Waals surface area contributed by atoms with Crippen molar-refractivity contribution in [1.82, 2.24) is 15.3 Å². The summed E-state index contributed by atoms with van der Waals surface area (Å²) in [4.78, 5) is 21.5. The number of nitrogens with one attached hydrogen (secondary N) is 2. The predicted molar refractivity (Wildman–Crippen MR) is 141 cm³/mol. The number of rotatable bonds is 8. The largest absolute Gasteiger partial charge is 0.497 e. The summed E-state index contributed by atoms with van der Waals surface area (Å²) in [6.45, 7) is 0.486. The first-order chi connectivity index (χ1) is 17.6. The molecular weight excluding hydrogens is 454 g/mol. The second-order valence-corrected chi connectivity index (χ2v) is 8.37. The summed E-state index contributed by atoms with van der Waals surface area (Å²) in [5.41, 5.74) is 4.68. The Bertz CT molecular complexity index is 1540. The summed E-state index contributed by atoms with van der Waals surface area (Å²) in [5, 5.41) is 4.96. The van der Waals surface area contributed by atoms with Gasteiger partial charge in [-0.1, -0.05) is 30.3 Å². The lowest BCUT2D eigenvalue weighted by Gasteiger charge is -2.12. The highest BCUT2D eigenvalue weighted by Gasteiger charge is 2.19. The van der Waals surface area contributed by atoms with Crippen molar-refractivity contribution in [3.05, 3.63) is 84.1 Å². The zero-order valence-corrected chi connectivity index (χ0v) is 20.4. The molecule has 0 aliphatic carbocycles. The molecule has 0 fully saturated rings. The molecule has 5 rings (SSSR count). The van der Waals surface area contributed by atoms with Crippen molar-refractivity contribution in [2.75, 3.05) is 27.9 Å². The van der Waals surface area contributed by atoms with Gasteiger partial charge in [0, 0.05) is 34.5 Å². The fourth-order valence-corrected chi connectivity index (χ4v) is 4.35. The molecule has 2 N–H and O–H groups in total. The highest BCUT2D eigenvalue weighted by atomic mass is 16.5. The van der Waals surface area contributed by atoms with Crippen LogP contribution in [0.1, 0.15) is 16.1 Å². The van der Waals surface area contributed by atoms with E-state index in [2.05, 4.69) is 10.3 Å². The summed E-state index contributed by atoms with van der Waals surface area (Å²) in [5.74, 6) is 1.86. The minimum atomic E-state index is -0.232. The zero-order chi connectivity index (χ0) is 25.1. The van der Waals surface area contributed by atoms with Crippen LogP contribution in [0.2, 0.25) is 0 Å². The molecule has 2 aromatic heterocycles. The summed E-state index contributed by atoms with van der Waals surface area (Å²) in [6.07, 6.45) is 0.699. The van der Waals surface area contributed by atoms with Crippen LogP contribution >= 0.6 is 0 Å². The van der Waals surface area contributed by atoms with Crippen molar-refractivity contribution in [2.45, 2.75) is 6.42 Å². The van der Waals surface area contributed by atoms with E-state index in [1.807, 2.05) is 72.8 Å². The molecule has 2 heterocycles. The third-order valence-electron chi connectivity index (χ3n) is 6.25. The smallest absolute Gasteiger partial charge is 0.269 e. The molecule has 1 amide bonds. The van der Waals surface area contributed by atoms with Gasteiger partial charge in [0.15, 0.2) is 0 Å². The minimum absolute atomic E-state index is 0.232. The van der Waals surface area contributed by atoms with Gasteiger partial charge in [-0.25, -0.2) is 4.98 Å². The maximum absolute atomic E-state index is 13.2. The number of hydrogen-bond acceptors (Lipinski definition) is 5. The number of pyridine rings is 1. The number of nitrogens with zero attached hydrogens (tertiary/aromatic N) is 1. The summed E-state index contributed by atoms with van der Waals surface area (Å²) in [7, 11) is 4.86. The number of aromatic nitrogens is 2. The molecule has 0 saturated heterocycles. The van der Waals surface area contributed by atoms with Crippen LogP contribution in [-0.2, 0) is 6.42 Å². The molecule has 0 atom stereocenters. The highest BCUT2D eigenvalue weighted by molar-refractivity contribution is 6.13. The third-order valence-corrected chi connectivity index (χ3v) is 6.25. The number of aromatic amines is 1. The lowest BCUT2D eigenvalue weighted by Crippen LogP contribution is -2.26. The van der Waals surface area contributed by atoms with Crippen molar-refractivity contribution >= 4 is 27.7 Å². The summed E-state index contributed by atoms with van der Waals surface area (Å²) >= 11 is 0. The molecule has 0 aliphatic rings. The molecule has 182 valence electrons. The van der Waals surface area contributed by atoms with E-state index >= 15 is 0 Å². The maximum atomic E-state index is 13.2. The standard InChI is InChI=1S/C29H27N3O4/c1-34-19-10-8-18(9-11-19)14-15-30-29(33)25-17-23-21-6-4-5-7-24(21)31-28(23)27(32-25)22-13-12-20(35-2)16-26(22)36-3/h4-13,16-17,31H,14-15H2,1-3H3,(H,30,33). The molecule has 0 aliphatic heterocycles. The molecule has 7 nitrogen and oxygen atoms in total. The van der Waals surface area contributed by atoms with E-state index in [1.165, 1.54) is 0 Å². The number of carbonyl (C=O) groups excluding carboxylic acids is 1. The number of H-pyrrole nitrogens is 1. The van der Waals surface area contributed by atoms with Crippen molar-refractivity contribution < 1.29 is 19.0 Å². The molecule has 7 heteroatoms. The average molecular weight is 482 g/mol. The van der Waals surface area contributed by atoms with Crippen LogP contribution in [0.5, 0.6) is 17.2 Å². The van der Waals surface area contributed by atoms with E-state index in [4.69, 9.17) is 19.2 Å². The van der Waals surface area contributed by atoms with Gasteiger partial charge in [-0.3, -0.25) is 4.79 Å². The number of para-hydroxylation sites is 1. The molecule has 0 saturated carbocycles. The van der Waals surface area contributed by atoms with Crippen molar-refractivity contribution in [3.63, 3.8) is 0 Å². The monoisotopic (exact) mass is 481 g/mol. The van der Waals surface area contributed by atoms with Crippen LogP contribution in [0.15, 0.2) is 72.8 Å². The number of amides is 1. The second-order valence-electron chi connectivity index (χ2n) is 8.37. The van der Waals surface area contributed by atoms with E-state index in [0.717, 1.165) is 38.7 Å². The van der Waals surface area contributed by atoms with Crippen LogP contribution in [-0.4, -0.2) is 43.7 Å². The summed E-state index contributed by atoms with van der Waals surface area (Å²) in [6, 6.07) is 23.2. The van der Waals surface area contributed by atoms with E-state index in [9.17, 15) is 4.79 Å². The number of benzene rings is 3. The van der Waals surface area contributed by atoms with Crippen molar-refractivity contribution in [1.29, 1.82) is 0 Å². The van der Waals surface area contributed by atoms with E-state index in [1.54, 1.807) is 21.3 Å². The average Bonchev–Trinajstić information content (AvgIpc) is 3.31. The van der Waals surface area contributed by atoms with Crippen LogP contribution in [0.25, 0.3) is 33.1 Å². The van der Waals surface area contributed by atoms with Gasteiger partial charge < -0.3 is 24.5 Å². The zero-order valence-electron chi connectivity index (χ0n) is 20.4. The number of methoxy groups -OCH3 is 3. The number of fused-ring (bicyclic) bond motifs is 3. The highest BCUT2D eigenvalue weighted by Crippen LogP contribution is 2.38. The first kappa shape index (κ1) is 23.2. The fourth-order valence-electron chi connectivity index (χ4n) is 4.35. The van der Waals surface area contributed by atoms with Gasteiger partial charge in [0.25, 0.3) is 5.91 Å². The SMILES string of the molecule is COc1ccc(CCNC(=O)c2cc3c([nH]c4ccccc43)c(-c3ccc(OC)cc3OC)n2)cc1. The Hall–Kier alpha value is -4.52. The topological polar surface area (TPSA) is 85.5 Å². The molecule has 0 bridgehead atoms. The Labute approximate surface area is 209 Å². The van der Waals surface area contributed by atoms with E-state index < -0.39 is 0 Å². The molecular formula is C29H27N3O4. The first-order valence-electron chi connectivity index (χ1n) is 11.7. The van der Waals surface area contributed by atoms with Crippen molar-refractivity contribution in [2.24, 2.45) is 0 Å². The predicted octanol–water partition coefficient (Wildman–Crippen LogP) is 5.38. The minimum Gasteiger partial charge on any atom is -0.497 e. The maximum Gasteiger partial charge on any atom is 0.269 e. The van der Waals surface area contributed by atoms with Crippen LogP contribution in [0.3, 0.4) is 0 Å². The number of carbonyl (C=O) groups is 1. The van der Waals surface area contributed by atoms with Gasteiger partial charge >= 0.3 is 0 Å². The molecule has 5 aromatic rings. The molecule has 3 aromatic carbocycles. The summed E-state index contributed by atoms with van der Waals surface area (Å²) < 4.78 is 16.2. The van der Waals surface area contributed by atoms with Crippen LogP contribution < -0.4 is 19.5 Å². The van der Waals surface area contributed by atoms with Gasteiger partial charge in [-0.15, -0.1) is 0 Å². The first-order valence-corrected chi connectivity index (χ1v) is 11.7. The Balaban J connectivity index is 1.52. The Kier molecular flexibility index (Phi) is 6.45. The molecule has 0 spiro atoms. The normalized spacial score (nSPS) is 11.0. The molecule has 0 radical (unpaired) electrons. The van der Waals surface area contributed by atoms with Gasteiger partial charge in [-0.2, -0.15) is 0 Å². The van der Waals surface area contributed by atoms with Gasteiger partial charge in [0.2, 0.25) is 0 Å². The fraction of sp³-hybridized carbons (Fsp3) is 0.172. The van der Waals surface area contributed by atoms with Crippen LogP contribution in [0.4, 0.5) is 0 Å². The van der Waals surface area contributed by atoms with Gasteiger partial charge in [-0.05, 0) is 48.4 Å². The van der Waals surface area contributed by atoms with Gasteiger partial charge in [0.05, 0.1) is 32.5 Å². The quantitative estimate of drug-likeness (QED) is 0.311. The Morgan fingerprint density at radius 1 is 0.861 bits per heavy atom. The van der Waals surface area contributed by atoms with E-state index in [-0.39, 0.29) is 5.91 Å². The Morgan fingerprint density at radius 2 is 1.61 bits per heavy atom.